The van der Waals surface area contributed by atoms with Crippen LogP contribution in [0, 0.1) is 10.1 Å². The molecule has 0 bridgehead atoms. The largest absolute Gasteiger partial charge is 0.361 e. The lowest BCUT2D eigenvalue weighted by Crippen LogP contribution is -2.20. The number of rotatable bonds is 8. The van der Waals surface area contributed by atoms with Gasteiger partial charge in [0.15, 0.2) is 0 Å². The molecule has 0 saturated carbocycles. The van der Waals surface area contributed by atoms with E-state index in [1.165, 1.54) is 16.8 Å². The van der Waals surface area contributed by atoms with Crippen LogP contribution >= 0.6 is 11.6 Å². The van der Waals surface area contributed by atoms with E-state index >= 15 is 0 Å². The van der Waals surface area contributed by atoms with E-state index in [4.69, 9.17) is 16.6 Å². The number of nitro groups is 1. The van der Waals surface area contributed by atoms with Crippen LogP contribution in [0.15, 0.2) is 58.4 Å². The number of benzene rings is 2. The number of non-ortho nitro benzene ring substituents is 1. The van der Waals surface area contributed by atoms with Crippen molar-refractivity contribution in [1.82, 2.24) is 14.8 Å². The summed E-state index contributed by atoms with van der Waals surface area (Å²) in [6, 6.07) is 11.6. The first-order valence-electron chi connectivity index (χ1n) is 10.7. The molecule has 0 atom stereocenters. The van der Waals surface area contributed by atoms with Crippen LogP contribution in [0.5, 0.6) is 0 Å². The van der Waals surface area contributed by atoms with Crippen molar-refractivity contribution in [2.24, 2.45) is 4.99 Å². The molecule has 0 spiro atoms. The molecule has 170 valence electrons. The fourth-order valence-corrected chi connectivity index (χ4v) is 4.14. The summed E-state index contributed by atoms with van der Waals surface area (Å²) < 4.78 is 1.42. The van der Waals surface area contributed by atoms with Crippen LogP contribution in [-0.2, 0) is 12.8 Å². The van der Waals surface area contributed by atoms with Crippen molar-refractivity contribution in [1.29, 1.82) is 0 Å². The van der Waals surface area contributed by atoms with Crippen molar-refractivity contribution in [2.45, 2.75) is 33.1 Å². The van der Waals surface area contributed by atoms with Gasteiger partial charge >= 0.3 is 0 Å². The lowest BCUT2D eigenvalue weighted by atomic mass is 10.1. The third-order valence-corrected chi connectivity index (χ3v) is 5.84. The Balaban J connectivity index is 1.61. The van der Waals surface area contributed by atoms with E-state index < -0.39 is 4.92 Å². The normalized spacial score (nSPS) is 11.9. The van der Waals surface area contributed by atoms with Crippen LogP contribution in [-0.4, -0.2) is 31.9 Å². The van der Waals surface area contributed by atoms with Gasteiger partial charge in [0.25, 0.3) is 11.2 Å². The number of aromatic nitrogens is 3. The predicted molar refractivity (Wildman–Crippen MR) is 131 cm³/mol. The van der Waals surface area contributed by atoms with E-state index in [9.17, 15) is 14.9 Å². The van der Waals surface area contributed by atoms with Crippen LogP contribution in [0.3, 0.4) is 0 Å². The zero-order valence-corrected chi connectivity index (χ0v) is 19.1. The Kier molecular flexibility index (Phi) is 6.46. The van der Waals surface area contributed by atoms with Crippen LogP contribution in [0.1, 0.15) is 37.1 Å². The molecule has 0 fully saturated rings. The lowest BCUT2D eigenvalue weighted by Gasteiger charge is -2.02. The Hall–Kier alpha value is -3.65. The van der Waals surface area contributed by atoms with Gasteiger partial charge in [-0.3, -0.25) is 25.0 Å². The average Bonchev–Trinajstić information content (AvgIpc) is 3.34. The van der Waals surface area contributed by atoms with E-state index in [1.54, 1.807) is 12.1 Å². The quantitative estimate of drug-likeness (QED) is 0.211. The monoisotopic (exact) mass is 465 g/mol. The standard InChI is InChI=1S/C24H24ClN5O3/c1-3-4-22-23(24(31)29(28-22)18-6-8-19(9-7-18)30(32)33)15(2)26-12-11-16-14-27-21-10-5-17(25)13-20(16)21/h5-10,13-14,27-28H,3-4,11-12H2,1-2H3. The Labute approximate surface area is 195 Å². The molecular weight excluding hydrogens is 442 g/mol. The SMILES string of the molecule is CCCc1[nH]n(-c2ccc([N+](=O)[O-])cc2)c(=O)c1C(C)=NCCc1c[nH]c2ccc(Cl)cc12. The summed E-state index contributed by atoms with van der Waals surface area (Å²) in [4.78, 5) is 31.6. The summed E-state index contributed by atoms with van der Waals surface area (Å²) in [6.07, 6.45) is 4.23. The highest BCUT2D eigenvalue weighted by Gasteiger charge is 2.18. The molecule has 33 heavy (non-hydrogen) atoms. The maximum absolute atomic E-state index is 13.2. The highest BCUT2D eigenvalue weighted by molar-refractivity contribution is 6.31. The lowest BCUT2D eigenvalue weighted by molar-refractivity contribution is -0.384. The summed E-state index contributed by atoms with van der Waals surface area (Å²) in [5, 5.41) is 15.9. The molecule has 0 amide bonds. The van der Waals surface area contributed by atoms with Crippen molar-refractivity contribution in [3.8, 4) is 5.69 Å². The number of hydrogen-bond donors (Lipinski definition) is 2. The molecule has 0 aliphatic carbocycles. The molecule has 0 aliphatic rings. The Morgan fingerprint density at radius 1 is 1.18 bits per heavy atom. The molecule has 4 rings (SSSR count). The maximum Gasteiger partial charge on any atom is 0.280 e. The van der Waals surface area contributed by atoms with Crippen molar-refractivity contribution in [3.05, 3.63) is 91.0 Å². The number of nitro benzene ring substituents is 1. The Morgan fingerprint density at radius 2 is 1.94 bits per heavy atom. The summed E-state index contributed by atoms with van der Waals surface area (Å²) in [6.45, 7) is 4.41. The first-order valence-corrected chi connectivity index (χ1v) is 11.1. The summed E-state index contributed by atoms with van der Waals surface area (Å²) in [7, 11) is 0. The molecule has 0 aliphatic heterocycles. The van der Waals surface area contributed by atoms with Crippen LogP contribution in [0.25, 0.3) is 16.6 Å². The van der Waals surface area contributed by atoms with Gasteiger partial charge in [-0.05, 0) is 55.7 Å². The molecule has 2 aromatic heterocycles. The molecule has 4 aromatic rings. The van der Waals surface area contributed by atoms with Gasteiger partial charge in [0.1, 0.15) is 0 Å². The van der Waals surface area contributed by atoms with Crippen LogP contribution in [0.2, 0.25) is 5.02 Å². The van der Waals surface area contributed by atoms with Gasteiger partial charge in [0.2, 0.25) is 0 Å². The minimum absolute atomic E-state index is 0.0244. The molecular formula is C24H24ClN5O3. The zero-order valence-electron chi connectivity index (χ0n) is 18.4. The number of aryl methyl sites for hydroxylation is 1. The topological polar surface area (TPSA) is 109 Å². The van der Waals surface area contributed by atoms with Crippen molar-refractivity contribution in [3.63, 3.8) is 0 Å². The van der Waals surface area contributed by atoms with Gasteiger partial charge in [-0.15, -0.1) is 0 Å². The zero-order chi connectivity index (χ0) is 23.5. The van der Waals surface area contributed by atoms with E-state index in [0.29, 0.717) is 41.4 Å². The third kappa shape index (κ3) is 4.61. The Bertz CT molecular complexity index is 1400. The maximum atomic E-state index is 13.2. The molecule has 2 N–H and O–H groups in total. The minimum atomic E-state index is -0.465. The highest BCUT2D eigenvalue weighted by Crippen LogP contribution is 2.23. The molecule has 0 radical (unpaired) electrons. The number of hydrogen-bond acceptors (Lipinski definition) is 4. The number of H-pyrrole nitrogens is 2. The second-order valence-corrected chi connectivity index (χ2v) is 8.29. The van der Waals surface area contributed by atoms with E-state index in [0.717, 1.165) is 28.6 Å². The average molecular weight is 466 g/mol. The fourth-order valence-electron chi connectivity index (χ4n) is 3.97. The van der Waals surface area contributed by atoms with Gasteiger partial charge in [-0.2, -0.15) is 0 Å². The number of aromatic amines is 2. The number of nitrogens with zero attached hydrogens (tertiary/aromatic N) is 3. The van der Waals surface area contributed by atoms with E-state index in [1.807, 2.05) is 38.2 Å². The molecule has 0 unspecified atom stereocenters. The van der Waals surface area contributed by atoms with E-state index in [-0.39, 0.29) is 11.2 Å². The van der Waals surface area contributed by atoms with Gasteiger partial charge in [-0.1, -0.05) is 24.9 Å². The van der Waals surface area contributed by atoms with Gasteiger partial charge in [0.05, 0.1) is 16.2 Å². The van der Waals surface area contributed by atoms with Crippen LogP contribution < -0.4 is 5.56 Å². The second-order valence-electron chi connectivity index (χ2n) is 7.85. The molecule has 0 saturated heterocycles. The number of nitrogens with one attached hydrogen (secondary N) is 2. The number of fused-ring (bicyclic) bond motifs is 1. The first kappa shape index (κ1) is 22.5. The van der Waals surface area contributed by atoms with Crippen molar-refractivity contribution >= 4 is 33.9 Å². The number of aliphatic imine (C=N–C) groups is 1. The Morgan fingerprint density at radius 3 is 2.64 bits per heavy atom. The van der Waals surface area contributed by atoms with Gasteiger partial charge in [0, 0.05) is 52.2 Å². The fraction of sp³-hybridized carbons (Fsp3) is 0.250. The molecule has 2 heterocycles. The van der Waals surface area contributed by atoms with Crippen molar-refractivity contribution in [2.75, 3.05) is 6.54 Å². The van der Waals surface area contributed by atoms with Gasteiger partial charge < -0.3 is 4.98 Å². The minimum Gasteiger partial charge on any atom is -0.361 e. The predicted octanol–water partition coefficient (Wildman–Crippen LogP) is 5.21. The summed E-state index contributed by atoms with van der Waals surface area (Å²) in [5.74, 6) is 0. The first-order chi connectivity index (χ1) is 15.9. The number of halogens is 1. The molecule has 2 aromatic carbocycles. The third-order valence-electron chi connectivity index (χ3n) is 5.61. The molecule has 8 nitrogen and oxygen atoms in total. The van der Waals surface area contributed by atoms with Crippen LogP contribution in [0.4, 0.5) is 5.69 Å². The molecule has 9 heteroatoms. The van der Waals surface area contributed by atoms with Crippen molar-refractivity contribution < 1.29 is 4.92 Å². The van der Waals surface area contributed by atoms with E-state index in [2.05, 4.69) is 10.1 Å². The smallest absolute Gasteiger partial charge is 0.280 e. The highest BCUT2D eigenvalue weighted by atomic mass is 35.5. The summed E-state index contributed by atoms with van der Waals surface area (Å²) in [5.41, 5.74) is 4.47. The van der Waals surface area contributed by atoms with Gasteiger partial charge in [-0.25, -0.2) is 4.68 Å². The second kappa shape index (κ2) is 9.46. The summed E-state index contributed by atoms with van der Waals surface area (Å²) >= 11 is 6.14.